The van der Waals surface area contributed by atoms with Crippen molar-refractivity contribution in [2.45, 2.75) is 26.6 Å². The summed E-state index contributed by atoms with van der Waals surface area (Å²) in [6.45, 7) is 8.03. The minimum absolute atomic E-state index is 0.0895. The predicted molar refractivity (Wildman–Crippen MR) is 77.4 cm³/mol. The zero-order valence-electron chi connectivity index (χ0n) is 12.3. The van der Waals surface area contributed by atoms with Gasteiger partial charge in [0.1, 0.15) is 0 Å². The molecule has 0 amide bonds. The zero-order chi connectivity index (χ0) is 16.3. The number of nitrogens with zero attached hydrogens (tertiary/aromatic N) is 4. The largest absolute Gasteiger partial charge is 0.433 e. The molecule has 0 aliphatic rings. The molecule has 0 saturated carbocycles. The van der Waals surface area contributed by atoms with Gasteiger partial charge >= 0.3 is 6.18 Å². The van der Waals surface area contributed by atoms with E-state index in [9.17, 15) is 13.2 Å². The maximum atomic E-state index is 13.0. The van der Waals surface area contributed by atoms with Crippen molar-refractivity contribution in [2.75, 3.05) is 11.9 Å². The molecule has 2 heterocycles. The first-order valence-corrected chi connectivity index (χ1v) is 6.70. The van der Waals surface area contributed by atoms with E-state index in [4.69, 9.17) is 0 Å². The smallest absolute Gasteiger partial charge is 0.351 e. The van der Waals surface area contributed by atoms with E-state index in [1.165, 1.54) is 6.08 Å². The Kier molecular flexibility index (Phi) is 4.48. The first-order chi connectivity index (χ1) is 10.3. The predicted octanol–water partition coefficient (Wildman–Crippen LogP) is 3.29. The van der Waals surface area contributed by atoms with Crippen molar-refractivity contribution in [3.8, 4) is 11.3 Å². The van der Waals surface area contributed by atoms with Gasteiger partial charge in [-0.25, -0.2) is 9.97 Å². The van der Waals surface area contributed by atoms with E-state index >= 15 is 0 Å². The van der Waals surface area contributed by atoms with Crippen LogP contribution < -0.4 is 5.32 Å². The van der Waals surface area contributed by atoms with Crippen LogP contribution in [0, 0.1) is 6.92 Å². The van der Waals surface area contributed by atoms with Gasteiger partial charge in [-0.15, -0.1) is 6.58 Å². The molecule has 5 nitrogen and oxygen atoms in total. The average Bonchev–Trinajstić information content (AvgIpc) is 2.85. The fourth-order valence-electron chi connectivity index (χ4n) is 1.90. The number of hydrogen-bond acceptors (Lipinski definition) is 4. The van der Waals surface area contributed by atoms with E-state index < -0.39 is 11.9 Å². The molecule has 0 aliphatic heterocycles. The normalized spacial score (nSPS) is 11.5. The number of nitrogens with one attached hydrogen (secondary N) is 1. The molecule has 0 radical (unpaired) electrons. The Morgan fingerprint density at radius 1 is 1.36 bits per heavy atom. The van der Waals surface area contributed by atoms with Gasteiger partial charge in [-0.1, -0.05) is 6.08 Å². The summed E-state index contributed by atoms with van der Waals surface area (Å²) in [6.07, 6.45) is -1.35. The number of halogens is 3. The summed E-state index contributed by atoms with van der Waals surface area (Å²) in [5.41, 5.74) is 0.360. The van der Waals surface area contributed by atoms with Crippen molar-refractivity contribution in [3.05, 3.63) is 36.3 Å². The average molecular weight is 311 g/mol. The summed E-state index contributed by atoms with van der Waals surface area (Å²) in [6, 6.07) is 0.934. The van der Waals surface area contributed by atoms with Crippen molar-refractivity contribution in [2.24, 2.45) is 0 Å². The van der Waals surface area contributed by atoms with Crippen LogP contribution in [-0.4, -0.2) is 26.3 Å². The highest BCUT2D eigenvalue weighted by atomic mass is 19.4. The van der Waals surface area contributed by atoms with Gasteiger partial charge in [0, 0.05) is 24.8 Å². The standard InChI is InChI=1S/C14H16F3N5/c1-4-6-18-13-19-11(7-12(20-13)14(15,16)17)10-8-22(5-2)21-9(10)3/h4,7-8H,1,5-6H2,2-3H3,(H,18,19,20). The van der Waals surface area contributed by atoms with E-state index in [1.54, 1.807) is 17.8 Å². The lowest BCUT2D eigenvalue weighted by Crippen LogP contribution is -2.12. The molecular formula is C14H16F3N5. The van der Waals surface area contributed by atoms with Crippen molar-refractivity contribution < 1.29 is 13.2 Å². The highest BCUT2D eigenvalue weighted by molar-refractivity contribution is 5.62. The molecule has 0 saturated heterocycles. The monoisotopic (exact) mass is 311 g/mol. The van der Waals surface area contributed by atoms with Gasteiger partial charge in [-0.3, -0.25) is 4.68 Å². The third kappa shape index (κ3) is 3.44. The number of rotatable bonds is 5. The van der Waals surface area contributed by atoms with E-state index in [1.807, 2.05) is 6.92 Å². The van der Waals surface area contributed by atoms with Gasteiger partial charge in [0.05, 0.1) is 11.4 Å². The summed E-state index contributed by atoms with van der Waals surface area (Å²) in [7, 11) is 0. The van der Waals surface area contributed by atoms with Crippen LogP contribution in [0.15, 0.2) is 24.9 Å². The molecule has 0 aliphatic carbocycles. The second kappa shape index (κ2) is 6.17. The van der Waals surface area contributed by atoms with Crippen LogP contribution in [0.1, 0.15) is 18.3 Å². The summed E-state index contributed by atoms with van der Waals surface area (Å²) in [5, 5.41) is 6.92. The van der Waals surface area contributed by atoms with Crippen LogP contribution in [0.25, 0.3) is 11.3 Å². The molecule has 0 spiro atoms. The minimum atomic E-state index is -4.54. The summed E-state index contributed by atoms with van der Waals surface area (Å²) in [4.78, 5) is 7.64. The maximum absolute atomic E-state index is 13.0. The highest BCUT2D eigenvalue weighted by Gasteiger charge is 2.34. The Balaban J connectivity index is 2.53. The van der Waals surface area contributed by atoms with Crippen molar-refractivity contribution in [1.82, 2.24) is 19.7 Å². The van der Waals surface area contributed by atoms with Crippen LogP contribution in [-0.2, 0) is 12.7 Å². The van der Waals surface area contributed by atoms with Crippen LogP contribution in [0.2, 0.25) is 0 Å². The van der Waals surface area contributed by atoms with Crippen molar-refractivity contribution in [3.63, 3.8) is 0 Å². The molecule has 0 fully saturated rings. The van der Waals surface area contributed by atoms with Gasteiger partial charge in [0.15, 0.2) is 5.69 Å². The molecule has 0 aromatic carbocycles. The van der Waals surface area contributed by atoms with Crippen LogP contribution in [0.3, 0.4) is 0 Å². The Bertz CT molecular complexity index is 676. The van der Waals surface area contributed by atoms with Crippen LogP contribution >= 0.6 is 0 Å². The lowest BCUT2D eigenvalue weighted by atomic mass is 10.1. The van der Waals surface area contributed by atoms with E-state index in [-0.39, 0.29) is 18.2 Å². The molecule has 22 heavy (non-hydrogen) atoms. The molecule has 8 heteroatoms. The van der Waals surface area contributed by atoms with E-state index in [0.717, 1.165) is 6.07 Å². The Morgan fingerprint density at radius 3 is 2.64 bits per heavy atom. The third-order valence-electron chi connectivity index (χ3n) is 2.97. The fraction of sp³-hybridized carbons (Fsp3) is 0.357. The van der Waals surface area contributed by atoms with Gasteiger partial charge in [-0.05, 0) is 19.9 Å². The van der Waals surface area contributed by atoms with Crippen LogP contribution in [0.5, 0.6) is 0 Å². The summed E-state index contributed by atoms with van der Waals surface area (Å²) >= 11 is 0. The van der Waals surface area contributed by atoms with Crippen LogP contribution in [0.4, 0.5) is 19.1 Å². The quantitative estimate of drug-likeness (QED) is 0.861. The topological polar surface area (TPSA) is 55.6 Å². The lowest BCUT2D eigenvalue weighted by Gasteiger charge is -2.10. The lowest BCUT2D eigenvalue weighted by molar-refractivity contribution is -0.141. The second-order valence-electron chi connectivity index (χ2n) is 4.61. The number of aromatic nitrogens is 4. The summed E-state index contributed by atoms with van der Waals surface area (Å²) < 4.78 is 40.6. The van der Waals surface area contributed by atoms with Gasteiger partial charge in [0.25, 0.3) is 0 Å². The molecular weight excluding hydrogens is 295 g/mol. The zero-order valence-corrected chi connectivity index (χ0v) is 12.3. The van der Waals surface area contributed by atoms with Crippen molar-refractivity contribution in [1.29, 1.82) is 0 Å². The fourth-order valence-corrected chi connectivity index (χ4v) is 1.90. The number of aryl methyl sites for hydroxylation is 2. The van der Waals surface area contributed by atoms with E-state index in [0.29, 0.717) is 17.8 Å². The van der Waals surface area contributed by atoms with Crippen molar-refractivity contribution >= 4 is 5.95 Å². The molecule has 1 N–H and O–H groups in total. The number of hydrogen-bond donors (Lipinski definition) is 1. The van der Waals surface area contributed by atoms with E-state index in [2.05, 4.69) is 27.0 Å². The SMILES string of the molecule is C=CCNc1nc(-c2cn(CC)nc2C)cc(C(F)(F)F)n1. The maximum Gasteiger partial charge on any atom is 0.433 e. The van der Waals surface area contributed by atoms with Gasteiger partial charge in [-0.2, -0.15) is 18.3 Å². The minimum Gasteiger partial charge on any atom is -0.351 e. The third-order valence-corrected chi connectivity index (χ3v) is 2.97. The molecule has 2 aromatic heterocycles. The molecule has 0 bridgehead atoms. The Hall–Kier alpha value is -2.38. The first kappa shape index (κ1) is 16.0. The Labute approximate surface area is 125 Å². The van der Waals surface area contributed by atoms with Gasteiger partial charge in [0.2, 0.25) is 5.95 Å². The molecule has 0 unspecified atom stereocenters. The summed E-state index contributed by atoms with van der Waals surface area (Å²) in [5.74, 6) is -0.0895. The molecule has 2 rings (SSSR count). The Morgan fingerprint density at radius 2 is 2.09 bits per heavy atom. The molecule has 0 atom stereocenters. The second-order valence-corrected chi connectivity index (χ2v) is 4.61. The number of anilines is 1. The highest BCUT2D eigenvalue weighted by Crippen LogP contribution is 2.31. The first-order valence-electron chi connectivity index (χ1n) is 6.70. The molecule has 118 valence electrons. The number of alkyl halides is 3. The van der Waals surface area contributed by atoms with Gasteiger partial charge < -0.3 is 5.32 Å². The molecule has 2 aromatic rings.